The van der Waals surface area contributed by atoms with Gasteiger partial charge in [0.05, 0.1) is 6.54 Å². The molecule has 1 aliphatic rings. The molecule has 2 N–H and O–H groups in total. The number of ether oxygens (including phenoxy) is 1. The molecule has 0 saturated carbocycles. The molecule has 0 radical (unpaired) electrons. The second-order valence-corrected chi connectivity index (χ2v) is 7.96. The van der Waals surface area contributed by atoms with Crippen LogP contribution >= 0.6 is 0 Å². The van der Waals surface area contributed by atoms with Crippen molar-refractivity contribution in [1.29, 1.82) is 0 Å². The van der Waals surface area contributed by atoms with E-state index in [2.05, 4.69) is 15.6 Å². The van der Waals surface area contributed by atoms with Crippen LogP contribution in [0.1, 0.15) is 31.0 Å². The van der Waals surface area contributed by atoms with E-state index in [-0.39, 0.29) is 11.2 Å². The number of halogens is 1. The van der Waals surface area contributed by atoms with Crippen LogP contribution in [0.4, 0.5) is 4.39 Å². The molecule has 7 heteroatoms. The predicted molar refractivity (Wildman–Crippen MR) is 123 cm³/mol. The number of aromatic nitrogens is 1. The Labute approximate surface area is 187 Å². The standard InChI is InChI=1S/C25H29FN4O2/c1-2-27-24(28-16-22-17-32-23(30-22)19-6-4-3-5-7-19)29-18-25(12-14-31-15-13-25)20-8-10-21(26)11-9-20/h3-11,17H,2,12-16,18H2,1H3,(H2,27,28,29). The van der Waals surface area contributed by atoms with E-state index in [1.807, 2.05) is 49.4 Å². The first kappa shape index (κ1) is 22.0. The van der Waals surface area contributed by atoms with Gasteiger partial charge in [0.1, 0.15) is 17.8 Å². The number of benzene rings is 2. The van der Waals surface area contributed by atoms with Crippen molar-refractivity contribution < 1.29 is 13.5 Å². The van der Waals surface area contributed by atoms with E-state index in [1.165, 1.54) is 12.1 Å². The van der Waals surface area contributed by atoms with Crippen molar-refractivity contribution in [3.05, 3.63) is 77.9 Å². The summed E-state index contributed by atoms with van der Waals surface area (Å²) < 4.78 is 24.7. The van der Waals surface area contributed by atoms with Crippen LogP contribution in [0.2, 0.25) is 0 Å². The van der Waals surface area contributed by atoms with E-state index < -0.39 is 0 Å². The first-order chi connectivity index (χ1) is 15.7. The molecule has 1 saturated heterocycles. The van der Waals surface area contributed by atoms with Crippen LogP contribution in [0.5, 0.6) is 0 Å². The normalized spacial score (nSPS) is 16.0. The van der Waals surface area contributed by atoms with E-state index in [4.69, 9.17) is 14.1 Å². The van der Waals surface area contributed by atoms with Crippen LogP contribution in [0.15, 0.2) is 70.3 Å². The molecule has 0 spiro atoms. The minimum absolute atomic E-state index is 0.128. The lowest BCUT2D eigenvalue weighted by Crippen LogP contribution is -2.48. The topological polar surface area (TPSA) is 71.7 Å². The third kappa shape index (κ3) is 5.34. The van der Waals surface area contributed by atoms with Gasteiger partial charge in [0.15, 0.2) is 5.96 Å². The number of rotatable bonds is 7. The largest absolute Gasteiger partial charge is 0.444 e. The fourth-order valence-corrected chi connectivity index (χ4v) is 3.98. The molecule has 1 aromatic heterocycles. The highest BCUT2D eigenvalue weighted by Gasteiger charge is 2.34. The summed E-state index contributed by atoms with van der Waals surface area (Å²) in [5, 5.41) is 6.78. The Kier molecular flexibility index (Phi) is 7.17. The van der Waals surface area contributed by atoms with Crippen LogP contribution in [0.3, 0.4) is 0 Å². The van der Waals surface area contributed by atoms with Crippen molar-refractivity contribution in [3.63, 3.8) is 0 Å². The highest BCUT2D eigenvalue weighted by Crippen LogP contribution is 2.34. The van der Waals surface area contributed by atoms with E-state index in [0.29, 0.717) is 38.2 Å². The van der Waals surface area contributed by atoms with Crippen molar-refractivity contribution in [2.45, 2.75) is 31.7 Å². The SMILES string of the molecule is CCNC(=NCc1coc(-c2ccccc2)n1)NCC1(c2ccc(F)cc2)CCOCC1. The average molecular weight is 437 g/mol. The quantitative estimate of drug-likeness (QED) is 0.427. The Hall–Kier alpha value is -3.19. The highest BCUT2D eigenvalue weighted by atomic mass is 19.1. The van der Waals surface area contributed by atoms with Crippen LogP contribution in [-0.2, 0) is 16.7 Å². The molecule has 2 heterocycles. The minimum atomic E-state index is -0.221. The van der Waals surface area contributed by atoms with Crippen molar-refractivity contribution in [3.8, 4) is 11.5 Å². The number of oxazole rings is 1. The van der Waals surface area contributed by atoms with Gasteiger partial charge in [-0.2, -0.15) is 0 Å². The second-order valence-electron chi connectivity index (χ2n) is 7.96. The Morgan fingerprint density at radius 3 is 2.53 bits per heavy atom. The molecule has 32 heavy (non-hydrogen) atoms. The Balaban J connectivity index is 1.45. The van der Waals surface area contributed by atoms with E-state index >= 15 is 0 Å². The molecular weight excluding hydrogens is 407 g/mol. The Bertz CT molecular complexity index is 1010. The summed E-state index contributed by atoms with van der Waals surface area (Å²) in [5.74, 6) is 1.08. The summed E-state index contributed by atoms with van der Waals surface area (Å²) in [6.45, 7) is 5.24. The van der Waals surface area contributed by atoms with Crippen molar-refractivity contribution >= 4 is 5.96 Å². The number of hydrogen-bond acceptors (Lipinski definition) is 4. The van der Waals surface area contributed by atoms with E-state index in [1.54, 1.807) is 6.26 Å². The smallest absolute Gasteiger partial charge is 0.226 e. The Morgan fingerprint density at radius 2 is 1.81 bits per heavy atom. The van der Waals surface area contributed by atoms with Gasteiger partial charge in [-0.25, -0.2) is 14.4 Å². The van der Waals surface area contributed by atoms with E-state index in [9.17, 15) is 4.39 Å². The van der Waals surface area contributed by atoms with Crippen LogP contribution in [-0.4, -0.2) is 37.2 Å². The molecule has 1 fully saturated rings. The maximum Gasteiger partial charge on any atom is 0.226 e. The number of nitrogens with one attached hydrogen (secondary N) is 2. The molecule has 4 rings (SSSR count). The predicted octanol–water partition coefficient (Wildman–Crippen LogP) is 4.28. The highest BCUT2D eigenvalue weighted by molar-refractivity contribution is 5.79. The summed E-state index contributed by atoms with van der Waals surface area (Å²) in [6, 6.07) is 16.6. The van der Waals surface area contributed by atoms with Crippen molar-refractivity contribution in [2.75, 3.05) is 26.3 Å². The Morgan fingerprint density at radius 1 is 1.06 bits per heavy atom. The third-order valence-corrected chi connectivity index (χ3v) is 5.82. The summed E-state index contributed by atoms with van der Waals surface area (Å²) in [6.07, 6.45) is 3.39. The molecule has 2 aromatic carbocycles. The molecule has 1 aliphatic heterocycles. The first-order valence-electron chi connectivity index (χ1n) is 11.0. The number of aliphatic imine (C=N–C) groups is 1. The fraction of sp³-hybridized carbons (Fsp3) is 0.360. The second kappa shape index (κ2) is 10.4. The number of hydrogen-bond donors (Lipinski definition) is 2. The van der Waals surface area contributed by atoms with Gasteiger partial charge in [0.25, 0.3) is 0 Å². The molecular formula is C25H29FN4O2. The number of guanidine groups is 1. The molecule has 0 unspecified atom stereocenters. The van der Waals surface area contributed by atoms with Crippen LogP contribution < -0.4 is 10.6 Å². The lowest BCUT2D eigenvalue weighted by Gasteiger charge is -2.38. The molecule has 0 atom stereocenters. The first-order valence-corrected chi connectivity index (χ1v) is 11.0. The van der Waals surface area contributed by atoms with Gasteiger partial charge in [-0.05, 0) is 49.6 Å². The third-order valence-electron chi connectivity index (χ3n) is 5.82. The van der Waals surface area contributed by atoms with Crippen molar-refractivity contribution in [2.24, 2.45) is 4.99 Å². The van der Waals surface area contributed by atoms with Crippen LogP contribution in [0.25, 0.3) is 11.5 Å². The van der Waals surface area contributed by atoms with Gasteiger partial charge < -0.3 is 19.8 Å². The summed E-state index contributed by atoms with van der Waals surface area (Å²) in [4.78, 5) is 9.25. The summed E-state index contributed by atoms with van der Waals surface area (Å²) >= 11 is 0. The van der Waals surface area contributed by atoms with Gasteiger partial charge in [-0.15, -0.1) is 0 Å². The van der Waals surface area contributed by atoms with Gasteiger partial charge in [0, 0.05) is 37.3 Å². The number of nitrogens with zero attached hydrogens (tertiary/aromatic N) is 2. The minimum Gasteiger partial charge on any atom is -0.444 e. The van der Waals surface area contributed by atoms with Gasteiger partial charge in [-0.1, -0.05) is 30.3 Å². The molecule has 6 nitrogen and oxygen atoms in total. The molecule has 0 bridgehead atoms. The zero-order chi connectivity index (χ0) is 22.2. The summed E-state index contributed by atoms with van der Waals surface area (Å²) in [5.41, 5.74) is 2.69. The average Bonchev–Trinajstić information content (AvgIpc) is 3.32. The van der Waals surface area contributed by atoms with Crippen molar-refractivity contribution in [1.82, 2.24) is 15.6 Å². The zero-order valence-electron chi connectivity index (χ0n) is 18.3. The van der Waals surface area contributed by atoms with Gasteiger partial charge in [-0.3, -0.25) is 0 Å². The zero-order valence-corrected chi connectivity index (χ0v) is 18.3. The lowest BCUT2D eigenvalue weighted by atomic mass is 9.74. The molecule has 3 aromatic rings. The fourth-order valence-electron chi connectivity index (χ4n) is 3.98. The molecule has 0 amide bonds. The van der Waals surface area contributed by atoms with E-state index in [0.717, 1.165) is 36.2 Å². The maximum atomic E-state index is 13.5. The monoisotopic (exact) mass is 436 g/mol. The lowest BCUT2D eigenvalue weighted by molar-refractivity contribution is 0.0513. The molecule has 168 valence electrons. The van der Waals surface area contributed by atoms with Gasteiger partial charge >= 0.3 is 0 Å². The maximum absolute atomic E-state index is 13.5. The summed E-state index contributed by atoms with van der Waals surface area (Å²) in [7, 11) is 0. The van der Waals surface area contributed by atoms with Crippen LogP contribution in [0, 0.1) is 5.82 Å². The van der Waals surface area contributed by atoms with Gasteiger partial charge in [0.2, 0.25) is 5.89 Å². The molecule has 0 aliphatic carbocycles.